The summed E-state index contributed by atoms with van der Waals surface area (Å²) in [6.07, 6.45) is 5.15. The van der Waals surface area contributed by atoms with E-state index in [9.17, 15) is 0 Å². The monoisotopic (exact) mass is 203 g/mol. The van der Waals surface area contributed by atoms with Crippen LogP contribution in [0, 0.1) is 6.92 Å². The normalized spacial score (nSPS) is 12.7. The molecule has 0 aromatic carbocycles. The second kappa shape index (κ2) is 4.23. The molecule has 0 aliphatic rings. The van der Waals surface area contributed by atoms with E-state index in [1.165, 1.54) is 0 Å². The first kappa shape index (κ1) is 9.86. The highest BCUT2D eigenvalue weighted by atomic mass is 16.3. The highest BCUT2D eigenvalue weighted by Gasteiger charge is 2.14. The number of nitrogens with zero attached hydrogens (tertiary/aromatic N) is 2. The minimum atomic E-state index is 0.0606. The van der Waals surface area contributed by atoms with Crippen molar-refractivity contribution in [3.63, 3.8) is 0 Å². The van der Waals surface area contributed by atoms with Gasteiger partial charge in [-0.15, -0.1) is 0 Å². The number of hydrogen-bond acceptors (Lipinski definition) is 4. The Morgan fingerprint density at radius 3 is 2.87 bits per heavy atom. The average molecular weight is 203 g/mol. The Morgan fingerprint density at radius 1 is 1.40 bits per heavy atom. The van der Waals surface area contributed by atoms with E-state index in [0.29, 0.717) is 0 Å². The van der Waals surface area contributed by atoms with E-state index >= 15 is 0 Å². The van der Waals surface area contributed by atoms with Gasteiger partial charge in [0.05, 0.1) is 24.3 Å². The minimum absolute atomic E-state index is 0.0606. The van der Waals surface area contributed by atoms with Gasteiger partial charge in [0.15, 0.2) is 0 Å². The second-order valence-corrected chi connectivity index (χ2v) is 3.31. The minimum Gasteiger partial charge on any atom is -0.472 e. The molecule has 0 saturated carbocycles. The molecule has 2 heterocycles. The lowest BCUT2D eigenvalue weighted by Crippen LogP contribution is -2.18. The van der Waals surface area contributed by atoms with Crippen LogP contribution in [-0.4, -0.2) is 17.0 Å². The maximum atomic E-state index is 5.07. The van der Waals surface area contributed by atoms with E-state index in [2.05, 4.69) is 15.3 Å². The summed E-state index contributed by atoms with van der Waals surface area (Å²) in [6.45, 7) is 1.88. The topological polar surface area (TPSA) is 51.0 Å². The van der Waals surface area contributed by atoms with Gasteiger partial charge in [-0.3, -0.25) is 0 Å². The Bertz CT molecular complexity index is 425. The van der Waals surface area contributed by atoms with Gasteiger partial charge < -0.3 is 9.73 Å². The van der Waals surface area contributed by atoms with Crippen molar-refractivity contribution in [2.24, 2.45) is 0 Å². The fraction of sp³-hybridized carbons (Fsp3) is 0.273. The molecule has 0 spiro atoms. The summed E-state index contributed by atoms with van der Waals surface area (Å²) >= 11 is 0. The predicted molar refractivity (Wildman–Crippen MR) is 56.4 cm³/mol. The summed E-state index contributed by atoms with van der Waals surface area (Å²) in [6, 6.07) is 3.89. The van der Waals surface area contributed by atoms with Gasteiger partial charge in [0.2, 0.25) is 0 Å². The summed E-state index contributed by atoms with van der Waals surface area (Å²) in [5.41, 5.74) is 2.02. The zero-order chi connectivity index (χ0) is 10.7. The van der Waals surface area contributed by atoms with Crippen LogP contribution in [0.25, 0.3) is 0 Å². The number of aromatic nitrogens is 2. The zero-order valence-corrected chi connectivity index (χ0v) is 8.77. The predicted octanol–water partition coefficient (Wildman–Crippen LogP) is 1.69. The average Bonchev–Trinajstić information content (AvgIpc) is 2.72. The molecule has 0 aliphatic heterocycles. The Kier molecular flexibility index (Phi) is 2.78. The van der Waals surface area contributed by atoms with Crippen molar-refractivity contribution in [3.05, 3.63) is 47.9 Å². The number of hydrogen-bond donors (Lipinski definition) is 1. The lowest BCUT2D eigenvalue weighted by Gasteiger charge is -2.13. The molecule has 2 aromatic rings. The molecule has 0 fully saturated rings. The van der Waals surface area contributed by atoms with E-state index in [1.807, 2.05) is 26.1 Å². The van der Waals surface area contributed by atoms with Crippen molar-refractivity contribution in [1.82, 2.24) is 15.3 Å². The summed E-state index contributed by atoms with van der Waals surface area (Å²) in [7, 11) is 1.90. The largest absolute Gasteiger partial charge is 0.472 e. The van der Waals surface area contributed by atoms with Gasteiger partial charge in [-0.2, -0.15) is 0 Å². The molecule has 0 amide bonds. The number of rotatable bonds is 3. The third-order valence-electron chi connectivity index (χ3n) is 2.26. The van der Waals surface area contributed by atoms with Gasteiger partial charge in [-0.05, 0) is 26.1 Å². The standard InChI is InChI=1S/C11H13N3O/c1-8-13-5-3-10(14-8)11(12-2)9-4-6-15-7-9/h3-7,11-12H,1-2H3. The van der Waals surface area contributed by atoms with E-state index in [-0.39, 0.29) is 6.04 Å². The van der Waals surface area contributed by atoms with Crippen LogP contribution in [0.5, 0.6) is 0 Å². The van der Waals surface area contributed by atoms with Gasteiger partial charge >= 0.3 is 0 Å². The highest BCUT2D eigenvalue weighted by Crippen LogP contribution is 2.19. The van der Waals surface area contributed by atoms with Crippen LogP contribution in [0.2, 0.25) is 0 Å². The molecule has 1 N–H and O–H groups in total. The molecule has 2 rings (SSSR count). The van der Waals surface area contributed by atoms with Crippen LogP contribution in [0.15, 0.2) is 35.3 Å². The van der Waals surface area contributed by atoms with Crippen LogP contribution >= 0.6 is 0 Å². The quantitative estimate of drug-likeness (QED) is 0.824. The summed E-state index contributed by atoms with van der Waals surface area (Å²) in [4.78, 5) is 8.46. The zero-order valence-electron chi connectivity index (χ0n) is 8.77. The molecule has 2 aromatic heterocycles. The second-order valence-electron chi connectivity index (χ2n) is 3.31. The Balaban J connectivity index is 2.35. The Morgan fingerprint density at radius 2 is 2.27 bits per heavy atom. The van der Waals surface area contributed by atoms with E-state index in [4.69, 9.17) is 4.42 Å². The van der Waals surface area contributed by atoms with Crippen molar-refractivity contribution >= 4 is 0 Å². The molecule has 0 aliphatic carbocycles. The molecule has 1 atom stereocenters. The maximum Gasteiger partial charge on any atom is 0.125 e. The maximum absolute atomic E-state index is 5.07. The van der Waals surface area contributed by atoms with E-state index in [1.54, 1.807) is 18.7 Å². The molecule has 0 radical (unpaired) electrons. The van der Waals surface area contributed by atoms with Gasteiger partial charge in [0, 0.05) is 11.8 Å². The summed E-state index contributed by atoms with van der Waals surface area (Å²) in [5.74, 6) is 0.774. The first-order chi connectivity index (χ1) is 7.31. The Hall–Kier alpha value is -1.68. The van der Waals surface area contributed by atoms with Gasteiger partial charge in [0.25, 0.3) is 0 Å². The summed E-state index contributed by atoms with van der Waals surface area (Å²) in [5, 5.41) is 3.20. The van der Waals surface area contributed by atoms with Gasteiger partial charge in [-0.25, -0.2) is 9.97 Å². The lowest BCUT2D eigenvalue weighted by molar-refractivity contribution is 0.556. The van der Waals surface area contributed by atoms with Crippen LogP contribution in [0.1, 0.15) is 23.1 Å². The fourth-order valence-electron chi connectivity index (χ4n) is 1.56. The molecule has 15 heavy (non-hydrogen) atoms. The van der Waals surface area contributed by atoms with Gasteiger partial charge in [-0.1, -0.05) is 0 Å². The molecule has 1 unspecified atom stereocenters. The first-order valence-electron chi connectivity index (χ1n) is 4.80. The van der Waals surface area contributed by atoms with Crippen LogP contribution in [0.3, 0.4) is 0 Å². The van der Waals surface area contributed by atoms with Crippen LogP contribution < -0.4 is 5.32 Å². The van der Waals surface area contributed by atoms with Crippen molar-refractivity contribution in [3.8, 4) is 0 Å². The van der Waals surface area contributed by atoms with Crippen LogP contribution in [0.4, 0.5) is 0 Å². The van der Waals surface area contributed by atoms with Crippen LogP contribution in [-0.2, 0) is 0 Å². The smallest absolute Gasteiger partial charge is 0.125 e. The fourth-order valence-corrected chi connectivity index (χ4v) is 1.56. The molecule has 4 nitrogen and oxygen atoms in total. The lowest BCUT2D eigenvalue weighted by atomic mass is 10.1. The van der Waals surface area contributed by atoms with Crippen molar-refractivity contribution in [2.45, 2.75) is 13.0 Å². The summed E-state index contributed by atoms with van der Waals surface area (Å²) < 4.78 is 5.07. The third kappa shape index (κ3) is 2.05. The van der Waals surface area contributed by atoms with Gasteiger partial charge in [0.1, 0.15) is 5.82 Å². The number of nitrogens with one attached hydrogen (secondary N) is 1. The Labute approximate surface area is 88.4 Å². The van der Waals surface area contributed by atoms with E-state index < -0.39 is 0 Å². The van der Waals surface area contributed by atoms with Crippen molar-refractivity contribution in [2.75, 3.05) is 7.05 Å². The molecule has 0 bridgehead atoms. The molecule has 78 valence electrons. The third-order valence-corrected chi connectivity index (χ3v) is 2.26. The molecule has 4 heteroatoms. The SMILES string of the molecule is CNC(c1ccoc1)c1ccnc(C)n1. The molecular weight excluding hydrogens is 190 g/mol. The first-order valence-corrected chi connectivity index (χ1v) is 4.80. The molecule has 0 saturated heterocycles. The van der Waals surface area contributed by atoms with Crippen molar-refractivity contribution < 1.29 is 4.42 Å². The molecular formula is C11H13N3O. The number of furan rings is 1. The van der Waals surface area contributed by atoms with Crippen molar-refractivity contribution in [1.29, 1.82) is 0 Å². The van der Waals surface area contributed by atoms with E-state index in [0.717, 1.165) is 17.1 Å². The highest BCUT2D eigenvalue weighted by molar-refractivity contribution is 5.23. The number of aryl methyl sites for hydroxylation is 1.